The summed E-state index contributed by atoms with van der Waals surface area (Å²) < 4.78 is 16.3. The molecule has 0 aromatic heterocycles. The molecule has 1 unspecified atom stereocenters. The Bertz CT molecular complexity index is 216. The Morgan fingerprint density at radius 2 is 1.52 bits per heavy atom. The first kappa shape index (κ1) is 23.5. The predicted octanol–water partition coefficient (Wildman–Crippen LogP) is 2.76. The molecule has 130 valence electrons. The standard InChI is InChI=1S/C8H21NO2Si.C6H17NOSi/c1-4-7-8-12(9,10-5-2)11-6-3;1-4-5-9(7)8-6(2)3/h4-9H2,1-3H3;6,9H,4-5,7H2,1-3H3. The molecule has 0 aromatic rings. The van der Waals surface area contributed by atoms with Gasteiger partial charge in [0.1, 0.15) is 0 Å². The molecule has 0 aliphatic carbocycles. The van der Waals surface area contributed by atoms with Gasteiger partial charge < -0.3 is 24.1 Å². The van der Waals surface area contributed by atoms with Crippen molar-refractivity contribution < 1.29 is 13.3 Å². The zero-order valence-electron chi connectivity index (χ0n) is 15.0. The van der Waals surface area contributed by atoms with Gasteiger partial charge in [0.05, 0.1) is 0 Å². The third kappa shape index (κ3) is 16.4. The van der Waals surface area contributed by atoms with Gasteiger partial charge >= 0.3 is 8.72 Å². The Hall–Kier alpha value is 0.234. The van der Waals surface area contributed by atoms with Gasteiger partial charge in [0.2, 0.25) is 9.20 Å². The Balaban J connectivity index is 0. The van der Waals surface area contributed by atoms with E-state index in [4.69, 9.17) is 24.1 Å². The van der Waals surface area contributed by atoms with Crippen LogP contribution < -0.4 is 10.8 Å². The normalized spacial score (nSPS) is 13.0. The summed E-state index contributed by atoms with van der Waals surface area (Å²) in [5, 5.41) is 11.7. The molecule has 0 heterocycles. The second-order valence-electron chi connectivity index (χ2n) is 5.29. The van der Waals surface area contributed by atoms with Gasteiger partial charge in [0.25, 0.3) is 0 Å². The van der Waals surface area contributed by atoms with Crippen LogP contribution in [0.1, 0.15) is 60.8 Å². The highest BCUT2D eigenvalue weighted by Crippen LogP contribution is 2.11. The molecule has 4 N–H and O–H groups in total. The maximum absolute atomic E-state index is 6.00. The molecule has 0 saturated carbocycles. The van der Waals surface area contributed by atoms with Crippen LogP contribution in [0.15, 0.2) is 0 Å². The van der Waals surface area contributed by atoms with E-state index in [2.05, 4.69) is 13.8 Å². The summed E-state index contributed by atoms with van der Waals surface area (Å²) in [6.45, 7) is 13.6. The van der Waals surface area contributed by atoms with Crippen LogP contribution in [0.25, 0.3) is 0 Å². The summed E-state index contributed by atoms with van der Waals surface area (Å²) in [5.41, 5.74) is 0. The van der Waals surface area contributed by atoms with Crippen LogP contribution in [0.4, 0.5) is 0 Å². The molecule has 0 bridgehead atoms. The minimum atomic E-state index is -2.27. The predicted molar refractivity (Wildman–Crippen MR) is 95.6 cm³/mol. The molecule has 0 rings (SSSR count). The lowest BCUT2D eigenvalue weighted by Crippen LogP contribution is -2.52. The van der Waals surface area contributed by atoms with E-state index < -0.39 is 17.9 Å². The number of nitrogens with two attached hydrogens (primary N) is 2. The third-order valence-electron chi connectivity index (χ3n) is 2.68. The third-order valence-corrected chi connectivity index (χ3v) is 7.32. The molecule has 21 heavy (non-hydrogen) atoms. The smallest absolute Gasteiger partial charge is 0.403 e. The van der Waals surface area contributed by atoms with Gasteiger partial charge in [-0.2, -0.15) is 0 Å². The largest absolute Gasteiger partial charge is 0.422 e. The van der Waals surface area contributed by atoms with Crippen molar-refractivity contribution in [3.05, 3.63) is 0 Å². The van der Waals surface area contributed by atoms with Crippen LogP contribution in [-0.2, 0) is 13.3 Å². The van der Waals surface area contributed by atoms with Crippen molar-refractivity contribution in [3.8, 4) is 0 Å². The Labute approximate surface area is 134 Å². The second kappa shape index (κ2) is 15.1. The molecular formula is C14H38N2O3Si2. The fraction of sp³-hybridized carbons (Fsp3) is 1.00. The molecule has 1 atom stereocenters. The van der Waals surface area contributed by atoms with Gasteiger partial charge in [0, 0.05) is 25.4 Å². The Morgan fingerprint density at radius 1 is 1.00 bits per heavy atom. The highest BCUT2D eigenvalue weighted by Gasteiger charge is 2.31. The van der Waals surface area contributed by atoms with Crippen LogP contribution in [0.2, 0.25) is 12.1 Å². The van der Waals surface area contributed by atoms with E-state index in [1.807, 2.05) is 27.7 Å². The van der Waals surface area contributed by atoms with Gasteiger partial charge in [-0.25, -0.2) is 0 Å². The first-order valence-electron chi connectivity index (χ1n) is 8.32. The first-order valence-corrected chi connectivity index (χ1v) is 12.4. The summed E-state index contributed by atoms with van der Waals surface area (Å²) in [5.74, 6) is 0. The first-order chi connectivity index (χ1) is 9.85. The van der Waals surface area contributed by atoms with Gasteiger partial charge in [-0.3, -0.25) is 0 Å². The molecule has 0 aliphatic rings. The van der Waals surface area contributed by atoms with Gasteiger partial charge in [0.15, 0.2) is 0 Å². The number of unbranched alkanes of at least 4 members (excludes halogenated alkanes) is 1. The summed E-state index contributed by atoms with van der Waals surface area (Å²) in [6, 6.07) is 2.00. The molecular weight excluding hydrogens is 300 g/mol. The van der Waals surface area contributed by atoms with Crippen LogP contribution in [0.3, 0.4) is 0 Å². The highest BCUT2D eigenvalue weighted by molar-refractivity contribution is 6.63. The van der Waals surface area contributed by atoms with Crippen molar-refractivity contribution in [1.82, 2.24) is 0 Å². The van der Waals surface area contributed by atoms with E-state index >= 15 is 0 Å². The van der Waals surface area contributed by atoms with Crippen LogP contribution in [-0.4, -0.2) is 37.2 Å². The SMILES string of the molecule is CCCC[Si](N)(OCC)OCC.CCC[SiH](N)OC(C)C. The van der Waals surface area contributed by atoms with Crippen molar-refractivity contribution in [1.29, 1.82) is 0 Å². The molecule has 0 aromatic carbocycles. The van der Waals surface area contributed by atoms with Crippen LogP contribution >= 0.6 is 0 Å². The van der Waals surface area contributed by atoms with Crippen LogP contribution in [0.5, 0.6) is 0 Å². The van der Waals surface area contributed by atoms with E-state index in [1.54, 1.807) is 0 Å². The topological polar surface area (TPSA) is 79.7 Å². The molecule has 7 heteroatoms. The molecule has 5 nitrogen and oxygen atoms in total. The number of rotatable bonds is 11. The van der Waals surface area contributed by atoms with Crippen molar-refractivity contribution in [2.24, 2.45) is 10.8 Å². The summed E-state index contributed by atoms with van der Waals surface area (Å²) >= 11 is 0. The van der Waals surface area contributed by atoms with Crippen molar-refractivity contribution in [2.75, 3.05) is 13.2 Å². The monoisotopic (exact) mass is 338 g/mol. The highest BCUT2D eigenvalue weighted by atomic mass is 28.4. The second-order valence-corrected chi connectivity index (χ2v) is 9.92. The van der Waals surface area contributed by atoms with Crippen LogP contribution in [0, 0.1) is 0 Å². The average molecular weight is 339 g/mol. The maximum Gasteiger partial charge on any atom is 0.422 e. The Kier molecular flexibility index (Phi) is 16.9. The van der Waals surface area contributed by atoms with Crippen molar-refractivity contribution in [3.63, 3.8) is 0 Å². The van der Waals surface area contributed by atoms with Crippen molar-refractivity contribution in [2.45, 2.75) is 79.0 Å². The van der Waals surface area contributed by atoms with Gasteiger partial charge in [-0.15, -0.1) is 0 Å². The summed E-state index contributed by atoms with van der Waals surface area (Å²) in [7, 11) is -3.53. The number of hydrogen-bond acceptors (Lipinski definition) is 5. The lowest BCUT2D eigenvalue weighted by atomic mass is 10.4. The molecule has 0 fully saturated rings. The van der Waals surface area contributed by atoms with E-state index in [0.717, 1.165) is 31.4 Å². The fourth-order valence-corrected chi connectivity index (χ4v) is 5.40. The lowest BCUT2D eigenvalue weighted by Gasteiger charge is -2.24. The quantitative estimate of drug-likeness (QED) is 0.566. The Morgan fingerprint density at radius 3 is 1.86 bits per heavy atom. The zero-order chi connectivity index (χ0) is 16.7. The zero-order valence-corrected chi connectivity index (χ0v) is 17.1. The summed E-state index contributed by atoms with van der Waals surface area (Å²) in [6.07, 6.45) is 3.72. The van der Waals surface area contributed by atoms with E-state index in [0.29, 0.717) is 19.3 Å². The molecule has 0 radical (unpaired) electrons. The molecule has 0 aliphatic heterocycles. The minimum absolute atomic E-state index is 0.318. The fourth-order valence-electron chi connectivity index (χ4n) is 1.80. The maximum atomic E-state index is 6.00. The molecule has 0 spiro atoms. The lowest BCUT2D eigenvalue weighted by molar-refractivity contribution is 0.183. The van der Waals surface area contributed by atoms with Crippen molar-refractivity contribution >= 4 is 17.9 Å². The van der Waals surface area contributed by atoms with E-state index in [1.165, 1.54) is 0 Å². The average Bonchev–Trinajstić information content (AvgIpc) is 2.37. The summed E-state index contributed by atoms with van der Waals surface area (Å²) in [4.78, 5) is 0. The van der Waals surface area contributed by atoms with E-state index in [9.17, 15) is 0 Å². The minimum Gasteiger partial charge on any atom is -0.403 e. The molecule has 0 saturated heterocycles. The number of hydrogen-bond donors (Lipinski definition) is 2. The van der Waals surface area contributed by atoms with Gasteiger partial charge in [-0.05, 0) is 33.7 Å². The van der Waals surface area contributed by atoms with Gasteiger partial charge in [-0.1, -0.05) is 33.1 Å². The molecule has 0 amide bonds. The van der Waals surface area contributed by atoms with E-state index in [-0.39, 0.29) is 0 Å².